The highest BCUT2D eigenvalue weighted by Gasteiger charge is 2.35. The van der Waals surface area contributed by atoms with Crippen molar-refractivity contribution < 1.29 is 8.42 Å². The van der Waals surface area contributed by atoms with E-state index in [1.165, 1.54) is 0 Å². The van der Waals surface area contributed by atoms with E-state index >= 15 is 0 Å². The van der Waals surface area contributed by atoms with E-state index in [0.717, 1.165) is 0 Å². The van der Waals surface area contributed by atoms with Crippen molar-refractivity contribution in [1.82, 2.24) is 9.21 Å². The minimum absolute atomic E-state index is 0.150. The monoisotopic (exact) mass is 268 g/mol. The first kappa shape index (κ1) is 14.2. The van der Waals surface area contributed by atoms with Crippen LogP contribution in [0.4, 0.5) is 0 Å². The van der Waals surface area contributed by atoms with Crippen LogP contribution in [-0.4, -0.2) is 61.0 Å². The van der Waals surface area contributed by atoms with E-state index in [1.54, 1.807) is 11.2 Å². The Labute approximate surface area is 104 Å². The summed E-state index contributed by atoms with van der Waals surface area (Å²) in [5, 5.41) is -0.503. The van der Waals surface area contributed by atoms with Gasteiger partial charge in [-0.15, -0.1) is 11.6 Å². The number of hydrogen-bond donors (Lipinski definition) is 0. The van der Waals surface area contributed by atoms with Crippen LogP contribution in [0.5, 0.6) is 0 Å². The average molecular weight is 269 g/mol. The fourth-order valence-corrected chi connectivity index (χ4v) is 3.89. The summed E-state index contributed by atoms with van der Waals surface area (Å²) < 4.78 is 25.9. The SMILES string of the molecule is CC1CN(S(=O)(=O)C(C)CCl)CC(C)N1C. The standard InChI is InChI=1S/C10H21ClN2O2S/c1-8-6-13(7-9(2)12(8)4)16(14,15)10(3)5-11/h8-10H,5-7H2,1-4H3. The molecule has 0 spiro atoms. The van der Waals surface area contributed by atoms with E-state index < -0.39 is 15.3 Å². The molecule has 16 heavy (non-hydrogen) atoms. The first-order chi connectivity index (χ1) is 7.30. The number of nitrogens with zero attached hydrogens (tertiary/aromatic N) is 2. The molecule has 3 unspecified atom stereocenters. The fraction of sp³-hybridized carbons (Fsp3) is 1.00. The third kappa shape index (κ3) is 2.70. The molecule has 96 valence electrons. The summed E-state index contributed by atoms with van der Waals surface area (Å²) in [4.78, 5) is 2.21. The first-order valence-electron chi connectivity index (χ1n) is 5.57. The molecule has 0 aromatic heterocycles. The Morgan fingerprint density at radius 1 is 1.31 bits per heavy atom. The molecule has 4 nitrogen and oxygen atoms in total. The number of halogens is 1. The van der Waals surface area contributed by atoms with Crippen LogP contribution in [0.15, 0.2) is 0 Å². The van der Waals surface area contributed by atoms with Crippen LogP contribution in [-0.2, 0) is 10.0 Å². The molecule has 0 aromatic rings. The van der Waals surface area contributed by atoms with Crippen molar-refractivity contribution in [2.24, 2.45) is 0 Å². The van der Waals surface area contributed by atoms with Gasteiger partial charge in [0.25, 0.3) is 0 Å². The largest absolute Gasteiger partial charge is 0.298 e. The molecule has 1 aliphatic rings. The lowest BCUT2D eigenvalue weighted by Crippen LogP contribution is -2.57. The van der Waals surface area contributed by atoms with Gasteiger partial charge < -0.3 is 0 Å². The van der Waals surface area contributed by atoms with Crippen molar-refractivity contribution in [2.45, 2.75) is 38.1 Å². The van der Waals surface area contributed by atoms with E-state index in [-0.39, 0.29) is 18.0 Å². The molecule has 0 bridgehead atoms. The maximum atomic E-state index is 12.1. The molecule has 0 N–H and O–H groups in total. The quantitative estimate of drug-likeness (QED) is 0.716. The fourth-order valence-electron chi connectivity index (χ4n) is 1.90. The number of piperazine rings is 1. The molecule has 0 aliphatic carbocycles. The number of likely N-dealkylation sites (N-methyl/N-ethyl adjacent to an activating group) is 1. The normalized spacial score (nSPS) is 31.6. The van der Waals surface area contributed by atoms with Gasteiger partial charge in [-0.1, -0.05) is 0 Å². The van der Waals surface area contributed by atoms with E-state index in [2.05, 4.69) is 4.90 Å². The van der Waals surface area contributed by atoms with Crippen LogP contribution in [0.1, 0.15) is 20.8 Å². The van der Waals surface area contributed by atoms with Crippen molar-refractivity contribution >= 4 is 21.6 Å². The van der Waals surface area contributed by atoms with E-state index in [0.29, 0.717) is 13.1 Å². The number of alkyl halides is 1. The molecule has 1 fully saturated rings. The molecular weight excluding hydrogens is 248 g/mol. The van der Waals surface area contributed by atoms with Gasteiger partial charge in [0, 0.05) is 31.1 Å². The lowest BCUT2D eigenvalue weighted by atomic mass is 10.1. The van der Waals surface area contributed by atoms with Gasteiger partial charge in [0.2, 0.25) is 10.0 Å². The predicted molar refractivity (Wildman–Crippen MR) is 67.4 cm³/mol. The first-order valence-corrected chi connectivity index (χ1v) is 7.61. The van der Waals surface area contributed by atoms with Crippen LogP contribution in [0.2, 0.25) is 0 Å². The van der Waals surface area contributed by atoms with Crippen molar-refractivity contribution in [2.75, 3.05) is 26.0 Å². The van der Waals surface area contributed by atoms with Crippen LogP contribution in [0.25, 0.3) is 0 Å². The molecule has 0 amide bonds. The van der Waals surface area contributed by atoms with Gasteiger partial charge in [-0.3, -0.25) is 4.90 Å². The van der Waals surface area contributed by atoms with E-state index in [9.17, 15) is 8.42 Å². The van der Waals surface area contributed by atoms with Crippen LogP contribution in [0, 0.1) is 0 Å². The van der Waals surface area contributed by atoms with Crippen molar-refractivity contribution in [3.63, 3.8) is 0 Å². The maximum absolute atomic E-state index is 12.1. The highest BCUT2D eigenvalue weighted by molar-refractivity contribution is 7.89. The molecule has 1 rings (SSSR count). The Kier molecular flexibility index (Phi) is 4.63. The molecule has 6 heteroatoms. The molecule has 0 saturated carbocycles. The molecule has 3 atom stereocenters. The van der Waals surface area contributed by atoms with Crippen molar-refractivity contribution in [3.05, 3.63) is 0 Å². The summed E-state index contributed by atoms with van der Waals surface area (Å²) in [6.45, 7) is 6.87. The summed E-state index contributed by atoms with van der Waals surface area (Å²) in [6, 6.07) is 0.502. The summed E-state index contributed by atoms with van der Waals surface area (Å²) in [7, 11) is -1.19. The summed E-state index contributed by atoms with van der Waals surface area (Å²) in [5.74, 6) is 0.150. The van der Waals surface area contributed by atoms with Gasteiger partial charge in [-0.25, -0.2) is 8.42 Å². The lowest BCUT2D eigenvalue weighted by molar-refractivity contribution is 0.105. The van der Waals surface area contributed by atoms with Gasteiger partial charge in [0.15, 0.2) is 0 Å². The second kappa shape index (κ2) is 5.21. The predicted octanol–water partition coefficient (Wildman–Crippen LogP) is 0.968. The zero-order chi connectivity index (χ0) is 12.5. The molecule has 1 heterocycles. The van der Waals surface area contributed by atoms with Gasteiger partial charge >= 0.3 is 0 Å². The Balaban J connectivity index is 2.83. The molecule has 0 radical (unpaired) electrons. The van der Waals surface area contributed by atoms with Gasteiger partial charge in [-0.2, -0.15) is 4.31 Å². The number of rotatable bonds is 3. The maximum Gasteiger partial charge on any atom is 0.217 e. The third-order valence-electron chi connectivity index (χ3n) is 3.41. The molecular formula is C10H21ClN2O2S. The minimum Gasteiger partial charge on any atom is -0.298 e. The molecule has 0 aromatic carbocycles. The number of sulfonamides is 1. The summed E-state index contributed by atoms with van der Waals surface area (Å²) in [6.07, 6.45) is 0. The second-order valence-electron chi connectivity index (χ2n) is 4.69. The summed E-state index contributed by atoms with van der Waals surface area (Å²) >= 11 is 5.64. The number of hydrogen-bond acceptors (Lipinski definition) is 3. The lowest BCUT2D eigenvalue weighted by Gasteiger charge is -2.42. The minimum atomic E-state index is -3.23. The zero-order valence-electron chi connectivity index (χ0n) is 10.4. The van der Waals surface area contributed by atoms with Gasteiger partial charge in [-0.05, 0) is 27.8 Å². The van der Waals surface area contributed by atoms with Crippen molar-refractivity contribution in [1.29, 1.82) is 0 Å². The average Bonchev–Trinajstić information content (AvgIpc) is 2.23. The topological polar surface area (TPSA) is 40.6 Å². The summed E-state index contributed by atoms with van der Waals surface area (Å²) in [5.41, 5.74) is 0. The third-order valence-corrected chi connectivity index (χ3v) is 6.26. The highest BCUT2D eigenvalue weighted by Crippen LogP contribution is 2.19. The smallest absolute Gasteiger partial charge is 0.217 e. The van der Waals surface area contributed by atoms with Crippen LogP contribution < -0.4 is 0 Å². The van der Waals surface area contributed by atoms with E-state index in [1.807, 2.05) is 20.9 Å². The van der Waals surface area contributed by atoms with Crippen LogP contribution in [0.3, 0.4) is 0 Å². The van der Waals surface area contributed by atoms with Gasteiger partial charge in [0.1, 0.15) is 0 Å². The van der Waals surface area contributed by atoms with Crippen LogP contribution >= 0.6 is 11.6 Å². The van der Waals surface area contributed by atoms with Crippen molar-refractivity contribution in [3.8, 4) is 0 Å². The Morgan fingerprint density at radius 3 is 2.12 bits per heavy atom. The van der Waals surface area contributed by atoms with Gasteiger partial charge in [0.05, 0.1) is 5.25 Å². The molecule has 1 saturated heterocycles. The highest BCUT2D eigenvalue weighted by atomic mass is 35.5. The Morgan fingerprint density at radius 2 is 1.75 bits per heavy atom. The zero-order valence-corrected chi connectivity index (χ0v) is 11.9. The molecule has 1 aliphatic heterocycles. The Bertz CT molecular complexity index is 322. The second-order valence-corrected chi connectivity index (χ2v) is 7.35. The van der Waals surface area contributed by atoms with E-state index in [4.69, 9.17) is 11.6 Å². The Hall–Kier alpha value is 0.160.